The van der Waals surface area contributed by atoms with Crippen LogP contribution in [0.15, 0.2) is 0 Å². The molecule has 5 heavy (non-hydrogen) atoms. The topological polar surface area (TPSA) is 0 Å². The molecule has 0 nitrogen and oxygen atoms in total. The molecule has 0 aromatic heterocycles. The van der Waals surface area contributed by atoms with Crippen molar-refractivity contribution in [3.63, 3.8) is 0 Å². The van der Waals surface area contributed by atoms with E-state index >= 15 is 0 Å². The van der Waals surface area contributed by atoms with E-state index in [0.717, 1.165) is 7.98 Å². The average Bonchev–Trinajstić information content (AvgIpc) is 0.592. The molecule has 3 saturated heterocycles. The van der Waals surface area contributed by atoms with Crippen molar-refractivity contribution in [2.24, 2.45) is 0 Å². The van der Waals surface area contributed by atoms with Gasteiger partial charge in [0.05, 0.1) is 0 Å². The zero-order valence-corrected chi connectivity index (χ0v) is 9.05. The minimum atomic E-state index is 0.942. The molecule has 0 unspecified atom stereocenters. The fourth-order valence-corrected chi connectivity index (χ4v) is 127. The van der Waals surface area contributed by atoms with E-state index in [1.54, 1.807) is 0 Å². The molecule has 0 aromatic carbocycles. The number of hydrogen-bond acceptors (Lipinski definition) is 0. The minimum absolute atomic E-state index is 0.942. The summed E-state index contributed by atoms with van der Waals surface area (Å²) >= 11 is 4.01. The molecule has 2 bridgehead atoms. The van der Waals surface area contributed by atoms with Crippen molar-refractivity contribution >= 4 is 50.2 Å². The first-order chi connectivity index (χ1) is 2.45. The van der Waals surface area contributed by atoms with Crippen LogP contribution in [0.4, 0.5) is 0 Å². The maximum atomic E-state index is 1.34. The zero-order valence-electron chi connectivity index (χ0n) is 2.12. The van der Waals surface area contributed by atoms with Gasteiger partial charge in [0.1, 0.15) is 0 Å². The molecule has 5 heteroatoms. The van der Waals surface area contributed by atoms with E-state index in [0.29, 0.717) is 0 Å². The molecule has 3 fully saturated rings. The summed E-state index contributed by atoms with van der Waals surface area (Å²) in [6, 6.07) is 0. The van der Waals surface area contributed by atoms with Crippen LogP contribution in [-0.2, 0) is 0 Å². The van der Waals surface area contributed by atoms with E-state index in [1.807, 2.05) is 0 Å². The predicted molar refractivity (Wildman–Crippen MR) is 31.1 cm³/mol. The van der Waals surface area contributed by atoms with Gasteiger partial charge in [0.15, 0.2) is 0 Å². The van der Waals surface area contributed by atoms with Crippen molar-refractivity contribution in [2.45, 2.75) is 0 Å². The molecule has 3 rings (SSSR count). The Morgan fingerprint density at radius 1 is 0.800 bits per heavy atom. The van der Waals surface area contributed by atoms with Gasteiger partial charge in [-0.2, -0.15) is 0 Å². The molecular formula is P2Se3. The third-order valence-corrected chi connectivity index (χ3v) is 97.2. The van der Waals surface area contributed by atoms with Gasteiger partial charge in [-0.1, -0.05) is 0 Å². The van der Waals surface area contributed by atoms with Crippen LogP contribution in [0.3, 0.4) is 0 Å². The summed E-state index contributed by atoms with van der Waals surface area (Å²) in [6.07, 6.45) is 0. The van der Waals surface area contributed by atoms with E-state index in [-0.39, 0.29) is 0 Å². The Hall–Kier alpha value is 2.42. The van der Waals surface area contributed by atoms with E-state index < -0.39 is 0 Å². The van der Waals surface area contributed by atoms with Crippen molar-refractivity contribution in [1.82, 2.24) is 0 Å². The molecule has 0 N–H and O–H groups in total. The maximum absolute atomic E-state index is 1.34. The van der Waals surface area contributed by atoms with Gasteiger partial charge in [-0.25, -0.2) is 0 Å². The van der Waals surface area contributed by atoms with Gasteiger partial charge in [0.2, 0.25) is 0 Å². The predicted octanol–water partition coefficient (Wildman–Crippen LogP) is 0.580. The van der Waals surface area contributed by atoms with Crippen LogP contribution in [0.25, 0.3) is 0 Å². The third-order valence-electron chi connectivity index (χ3n) is 0.400. The molecule has 3 aliphatic heterocycles. The molecule has 0 spiro atoms. The Morgan fingerprint density at radius 2 is 1.00 bits per heavy atom. The fraction of sp³-hybridized carbons (Fsp3) is 0. The molecule has 0 aliphatic carbocycles. The van der Waals surface area contributed by atoms with Crippen molar-refractivity contribution in [3.05, 3.63) is 0 Å². The number of rotatable bonds is 0. The van der Waals surface area contributed by atoms with Crippen molar-refractivity contribution in [1.29, 1.82) is 0 Å². The molecule has 0 radical (unpaired) electrons. The van der Waals surface area contributed by atoms with Gasteiger partial charge in [-0.15, -0.1) is 0 Å². The Kier molecular flexibility index (Phi) is 1.25. The molecule has 0 amide bonds. The summed E-state index contributed by atoms with van der Waals surface area (Å²) in [5, 5.41) is 0. The van der Waals surface area contributed by atoms with Crippen LogP contribution in [0.1, 0.15) is 0 Å². The Morgan fingerprint density at radius 3 is 1.00 bits per heavy atom. The third kappa shape index (κ3) is 0.603. The van der Waals surface area contributed by atoms with E-state index in [2.05, 4.69) is 0 Å². The van der Waals surface area contributed by atoms with Gasteiger partial charge in [0, 0.05) is 0 Å². The molecule has 0 aromatic rings. The van der Waals surface area contributed by atoms with Crippen molar-refractivity contribution in [3.8, 4) is 0 Å². The SMILES string of the molecule is [Se]1P2[Se]P1[Se]2. The summed E-state index contributed by atoms with van der Waals surface area (Å²) in [5.41, 5.74) is 0. The van der Waals surface area contributed by atoms with E-state index in [1.165, 1.54) is 42.2 Å². The Labute approximate surface area is 49.9 Å². The monoisotopic (exact) mass is 302 g/mol. The second-order valence-electron chi connectivity index (χ2n) is 0.692. The fourth-order valence-electron chi connectivity index (χ4n) is 0.182. The zero-order chi connectivity index (χ0) is 3.28. The van der Waals surface area contributed by atoms with Crippen LogP contribution < -0.4 is 0 Å². The first kappa shape index (κ1) is 4.31. The molecule has 0 atom stereocenters. The Balaban J connectivity index is 2.19. The van der Waals surface area contributed by atoms with E-state index in [9.17, 15) is 0 Å². The van der Waals surface area contributed by atoms with E-state index in [4.69, 9.17) is 0 Å². The van der Waals surface area contributed by atoms with Crippen LogP contribution in [0.2, 0.25) is 0 Å². The van der Waals surface area contributed by atoms with Gasteiger partial charge in [-0.05, 0) is 0 Å². The Bertz CT molecular complexity index is 41.6. The van der Waals surface area contributed by atoms with Gasteiger partial charge in [-0.3, -0.25) is 0 Å². The second kappa shape index (κ2) is 1.45. The van der Waals surface area contributed by atoms with Gasteiger partial charge < -0.3 is 0 Å². The van der Waals surface area contributed by atoms with Crippen LogP contribution in [-0.4, -0.2) is 42.2 Å². The van der Waals surface area contributed by atoms with Crippen molar-refractivity contribution < 1.29 is 0 Å². The molecule has 0 saturated carbocycles. The standard InChI is InChI=1S/P2Se3/c3-1-4-2(3)5-1. The van der Waals surface area contributed by atoms with Crippen molar-refractivity contribution in [2.75, 3.05) is 0 Å². The first-order valence-electron chi connectivity index (χ1n) is 1.10. The summed E-state index contributed by atoms with van der Waals surface area (Å²) in [4.78, 5) is 0. The second-order valence-corrected chi connectivity index (χ2v) is 47.7. The summed E-state index contributed by atoms with van der Waals surface area (Å²) in [7, 11) is 0. The average molecular weight is 299 g/mol. The summed E-state index contributed by atoms with van der Waals surface area (Å²) < 4.78 is 1.88. The number of hydrogen-bond donors (Lipinski definition) is 0. The molecule has 3 heterocycles. The van der Waals surface area contributed by atoms with Crippen LogP contribution in [0, 0.1) is 0 Å². The molecule has 28 valence electrons. The van der Waals surface area contributed by atoms with Crippen LogP contribution >= 0.6 is 7.98 Å². The van der Waals surface area contributed by atoms with Gasteiger partial charge in [0.25, 0.3) is 0 Å². The molecule has 3 aliphatic rings. The van der Waals surface area contributed by atoms with Gasteiger partial charge >= 0.3 is 50.2 Å². The molecular weight excluding hydrogens is 299 g/mol. The summed E-state index contributed by atoms with van der Waals surface area (Å²) in [6.45, 7) is 0. The first-order valence-corrected chi connectivity index (χ1v) is 17.1. The van der Waals surface area contributed by atoms with Crippen LogP contribution in [0.5, 0.6) is 0 Å². The normalized spacial score (nSPS) is 57.6. The summed E-state index contributed by atoms with van der Waals surface area (Å²) in [5.74, 6) is 0. The quantitative estimate of drug-likeness (QED) is 0.453.